The van der Waals surface area contributed by atoms with E-state index in [0.29, 0.717) is 12.5 Å². The van der Waals surface area contributed by atoms with Gasteiger partial charge in [0.15, 0.2) is 0 Å². The van der Waals surface area contributed by atoms with Crippen LogP contribution in [-0.2, 0) is 4.74 Å². The number of nitrogen functional groups attached to an aromatic ring is 1. The number of hydrogen-bond acceptors (Lipinski definition) is 8. The van der Waals surface area contributed by atoms with Crippen molar-refractivity contribution in [1.29, 1.82) is 0 Å². The van der Waals surface area contributed by atoms with Crippen LogP contribution in [0.5, 0.6) is 0 Å². The smallest absolute Gasteiger partial charge is 0.353 e. The molecule has 0 amide bonds. The van der Waals surface area contributed by atoms with E-state index >= 15 is 0 Å². The Balaban J connectivity index is 2.24. The first-order chi connectivity index (χ1) is 9.49. The summed E-state index contributed by atoms with van der Waals surface area (Å²) in [5, 5.41) is 14.0. The molecule has 3 N–H and O–H groups in total. The van der Waals surface area contributed by atoms with Crippen molar-refractivity contribution >= 4 is 23.3 Å². The predicted octanol–water partition coefficient (Wildman–Crippen LogP) is 0.624. The zero-order valence-electron chi connectivity index (χ0n) is 11.5. The van der Waals surface area contributed by atoms with Gasteiger partial charge in [-0.15, -0.1) is 0 Å². The molecule has 1 aromatic heterocycles. The van der Waals surface area contributed by atoms with Crippen LogP contribution in [0.1, 0.15) is 12.8 Å². The lowest BCUT2D eigenvalue weighted by atomic mass is 10.2. The molecule has 110 valence electrons. The van der Waals surface area contributed by atoms with Gasteiger partial charge in [-0.05, 0) is 12.8 Å². The van der Waals surface area contributed by atoms with E-state index in [1.165, 1.54) is 0 Å². The second kappa shape index (κ2) is 5.87. The quantitative estimate of drug-likeness (QED) is 0.596. The highest BCUT2D eigenvalue weighted by Crippen LogP contribution is 2.29. The lowest BCUT2D eigenvalue weighted by Gasteiger charge is -2.15. The maximum absolute atomic E-state index is 11.1. The topological polar surface area (TPSA) is 119 Å². The molecule has 2 rings (SSSR count). The number of nitrogens with one attached hydrogen (secondary N) is 1. The maximum Gasteiger partial charge on any atom is 0.353 e. The number of aromatic nitrogens is 2. The van der Waals surface area contributed by atoms with Gasteiger partial charge in [0, 0.05) is 27.2 Å². The fourth-order valence-electron chi connectivity index (χ4n) is 1.98. The summed E-state index contributed by atoms with van der Waals surface area (Å²) < 4.78 is 5.47. The molecular weight excluding hydrogens is 264 g/mol. The van der Waals surface area contributed by atoms with Crippen molar-refractivity contribution in [1.82, 2.24) is 9.97 Å². The average Bonchev–Trinajstić information content (AvgIpc) is 2.88. The van der Waals surface area contributed by atoms with Crippen LogP contribution in [0.25, 0.3) is 0 Å². The highest BCUT2D eigenvalue weighted by molar-refractivity contribution is 5.70. The highest BCUT2D eigenvalue weighted by Gasteiger charge is 2.25. The average molecular weight is 282 g/mol. The van der Waals surface area contributed by atoms with Gasteiger partial charge in [-0.25, -0.2) is 0 Å². The number of nitrogens with zero attached hydrogens (tertiary/aromatic N) is 4. The second-order valence-corrected chi connectivity index (χ2v) is 4.77. The van der Waals surface area contributed by atoms with E-state index in [1.807, 2.05) is 0 Å². The van der Waals surface area contributed by atoms with Gasteiger partial charge in [-0.1, -0.05) is 0 Å². The van der Waals surface area contributed by atoms with Crippen LogP contribution in [0.15, 0.2) is 0 Å². The van der Waals surface area contributed by atoms with Crippen molar-refractivity contribution in [2.75, 3.05) is 43.2 Å². The van der Waals surface area contributed by atoms with Crippen LogP contribution in [0.2, 0.25) is 0 Å². The third kappa shape index (κ3) is 3.05. The molecule has 9 heteroatoms. The Kier molecular flexibility index (Phi) is 4.18. The second-order valence-electron chi connectivity index (χ2n) is 4.77. The first-order valence-corrected chi connectivity index (χ1v) is 6.33. The molecule has 0 radical (unpaired) electrons. The predicted molar refractivity (Wildman–Crippen MR) is 74.9 cm³/mol. The minimum Gasteiger partial charge on any atom is -0.378 e. The molecule has 1 aliphatic rings. The van der Waals surface area contributed by atoms with Gasteiger partial charge in [0.1, 0.15) is 0 Å². The number of hydrogen-bond donors (Lipinski definition) is 2. The van der Waals surface area contributed by atoms with Crippen LogP contribution in [0, 0.1) is 10.1 Å². The van der Waals surface area contributed by atoms with Crippen LogP contribution in [-0.4, -0.2) is 48.2 Å². The van der Waals surface area contributed by atoms with Gasteiger partial charge in [0.05, 0.1) is 11.0 Å². The monoisotopic (exact) mass is 282 g/mol. The Labute approximate surface area is 116 Å². The van der Waals surface area contributed by atoms with Crippen LogP contribution >= 0.6 is 0 Å². The van der Waals surface area contributed by atoms with Crippen LogP contribution < -0.4 is 16.0 Å². The lowest BCUT2D eigenvalue weighted by molar-refractivity contribution is -0.383. The summed E-state index contributed by atoms with van der Waals surface area (Å²) >= 11 is 0. The van der Waals surface area contributed by atoms with Crippen molar-refractivity contribution < 1.29 is 9.66 Å². The van der Waals surface area contributed by atoms with Gasteiger partial charge in [-0.3, -0.25) is 10.1 Å². The molecule has 2 heterocycles. The van der Waals surface area contributed by atoms with Crippen molar-refractivity contribution in [3.63, 3.8) is 0 Å². The van der Waals surface area contributed by atoms with E-state index in [1.54, 1.807) is 19.0 Å². The fourth-order valence-corrected chi connectivity index (χ4v) is 1.98. The summed E-state index contributed by atoms with van der Waals surface area (Å²) in [6.45, 7) is 1.19. The van der Waals surface area contributed by atoms with E-state index in [4.69, 9.17) is 10.5 Å². The highest BCUT2D eigenvalue weighted by atomic mass is 16.6. The van der Waals surface area contributed by atoms with Crippen molar-refractivity contribution in [3.8, 4) is 0 Å². The molecule has 0 aliphatic carbocycles. The van der Waals surface area contributed by atoms with Gasteiger partial charge in [0.2, 0.25) is 17.6 Å². The summed E-state index contributed by atoms with van der Waals surface area (Å²) in [6.07, 6.45) is 1.99. The van der Waals surface area contributed by atoms with E-state index in [9.17, 15) is 10.1 Å². The standard InChI is InChI=1S/C11H18N6O3/c1-16(2)11-14-9(12)8(17(18)19)10(15-11)13-6-7-4-3-5-20-7/h7H,3-6H2,1-2H3,(H3,12,13,14,15)/t7-/m0/s1. The molecule has 0 aromatic carbocycles. The number of ether oxygens (including phenoxy) is 1. The lowest BCUT2D eigenvalue weighted by Crippen LogP contribution is -2.21. The van der Waals surface area contributed by atoms with Crippen molar-refractivity contribution in [3.05, 3.63) is 10.1 Å². The van der Waals surface area contributed by atoms with E-state index in [2.05, 4.69) is 15.3 Å². The molecule has 1 saturated heterocycles. The van der Waals surface area contributed by atoms with Crippen molar-refractivity contribution in [2.45, 2.75) is 18.9 Å². The molecule has 1 fully saturated rings. The van der Waals surface area contributed by atoms with E-state index < -0.39 is 4.92 Å². The first-order valence-electron chi connectivity index (χ1n) is 6.33. The molecular formula is C11H18N6O3. The van der Waals surface area contributed by atoms with E-state index in [-0.39, 0.29) is 23.4 Å². The van der Waals surface area contributed by atoms with E-state index in [0.717, 1.165) is 19.4 Å². The third-order valence-corrected chi connectivity index (χ3v) is 3.00. The zero-order valence-corrected chi connectivity index (χ0v) is 11.5. The fraction of sp³-hybridized carbons (Fsp3) is 0.636. The number of nitrogens with two attached hydrogens (primary N) is 1. The molecule has 0 spiro atoms. The molecule has 1 aromatic rings. The minimum absolute atomic E-state index is 0.0496. The Morgan fingerprint density at radius 2 is 2.30 bits per heavy atom. The van der Waals surface area contributed by atoms with Crippen LogP contribution in [0.3, 0.4) is 0 Å². The molecule has 0 unspecified atom stereocenters. The number of anilines is 3. The maximum atomic E-state index is 11.1. The molecule has 9 nitrogen and oxygen atoms in total. The summed E-state index contributed by atoms with van der Waals surface area (Å²) in [7, 11) is 3.48. The molecule has 1 atom stereocenters. The number of nitro groups is 1. The van der Waals surface area contributed by atoms with Gasteiger partial charge in [0.25, 0.3) is 0 Å². The Morgan fingerprint density at radius 1 is 1.55 bits per heavy atom. The Bertz CT molecular complexity index is 501. The zero-order chi connectivity index (χ0) is 14.7. The minimum atomic E-state index is -0.577. The van der Waals surface area contributed by atoms with Gasteiger partial charge < -0.3 is 20.7 Å². The number of rotatable bonds is 5. The summed E-state index contributed by atoms with van der Waals surface area (Å²) in [6, 6.07) is 0. The Morgan fingerprint density at radius 3 is 2.85 bits per heavy atom. The third-order valence-electron chi connectivity index (χ3n) is 3.00. The van der Waals surface area contributed by atoms with Crippen molar-refractivity contribution in [2.24, 2.45) is 0 Å². The summed E-state index contributed by atoms with van der Waals surface area (Å²) in [5.41, 5.74) is 5.36. The van der Waals surface area contributed by atoms with Gasteiger partial charge >= 0.3 is 5.69 Å². The summed E-state index contributed by atoms with van der Waals surface area (Å²) in [5.74, 6) is 0.299. The normalized spacial score (nSPS) is 18.0. The van der Waals surface area contributed by atoms with Crippen LogP contribution in [0.4, 0.5) is 23.3 Å². The SMILES string of the molecule is CN(C)c1nc(N)c([N+](=O)[O-])c(NC[C@@H]2CCCO2)n1. The summed E-state index contributed by atoms with van der Waals surface area (Å²) in [4.78, 5) is 20.2. The molecule has 20 heavy (non-hydrogen) atoms. The largest absolute Gasteiger partial charge is 0.378 e. The first kappa shape index (κ1) is 14.3. The Hall–Kier alpha value is -2.16. The molecule has 0 saturated carbocycles. The van der Waals surface area contributed by atoms with Gasteiger partial charge in [-0.2, -0.15) is 9.97 Å². The molecule has 0 bridgehead atoms. The molecule has 1 aliphatic heterocycles.